The SMILES string of the molecule is COc1ccc(N2C(=O)N[C@@H](CC(=O)N3CCc4ccccc4C3)C2=O)cc1. The number of nitrogens with one attached hydrogen (secondary N) is 1. The molecule has 4 rings (SSSR count). The van der Waals surface area contributed by atoms with Gasteiger partial charge in [0.15, 0.2) is 0 Å². The van der Waals surface area contributed by atoms with Crippen LogP contribution in [0.2, 0.25) is 0 Å². The summed E-state index contributed by atoms with van der Waals surface area (Å²) in [4.78, 5) is 40.6. The van der Waals surface area contributed by atoms with Gasteiger partial charge in [0, 0.05) is 13.1 Å². The van der Waals surface area contributed by atoms with Gasteiger partial charge in [-0.1, -0.05) is 24.3 Å². The Hall–Kier alpha value is -3.35. The number of urea groups is 1. The molecule has 0 spiro atoms. The van der Waals surface area contributed by atoms with Gasteiger partial charge >= 0.3 is 6.03 Å². The number of fused-ring (bicyclic) bond motifs is 1. The molecule has 7 heteroatoms. The number of amides is 4. The van der Waals surface area contributed by atoms with Crippen molar-refractivity contribution in [2.75, 3.05) is 18.6 Å². The first-order valence-corrected chi connectivity index (χ1v) is 9.20. The Labute approximate surface area is 162 Å². The summed E-state index contributed by atoms with van der Waals surface area (Å²) in [7, 11) is 1.54. The van der Waals surface area contributed by atoms with E-state index in [1.807, 2.05) is 18.2 Å². The monoisotopic (exact) mass is 379 g/mol. The lowest BCUT2D eigenvalue weighted by atomic mass is 9.99. The average molecular weight is 379 g/mol. The predicted octanol–water partition coefficient (Wildman–Crippen LogP) is 2.09. The standard InChI is InChI=1S/C21H21N3O4/c1-28-17-8-6-16(7-9-17)24-20(26)18(22-21(24)27)12-19(25)23-11-10-14-4-2-3-5-15(14)13-23/h2-9,18H,10-13H2,1H3,(H,22,27)/t18-/m0/s1. The van der Waals surface area contributed by atoms with Crippen LogP contribution >= 0.6 is 0 Å². The molecule has 0 aromatic heterocycles. The fourth-order valence-electron chi connectivity index (χ4n) is 3.66. The third-order valence-electron chi connectivity index (χ3n) is 5.21. The highest BCUT2D eigenvalue weighted by atomic mass is 16.5. The van der Waals surface area contributed by atoms with Crippen molar-refractivity contribution in [1.29, 1.82) is 0 Å². The van der Waals surface area contributed by atoms with Gasteiger partial charge < -0.3 is 15.0 Å². The number of anilines is 1. The molecule has 1 saturated heterocycles. The molecule has 0 radical (unpaired) electrons. The molecule has 144 valence electrons. The normalized spacial score (nSPS) is 18.7. The Morgan fingerprint density at radius 3 is 2.54 bits per heavy atom. The third kappa shape index (κ3) is 3.31. The lowest BCUT2D eigenvalue weighted by molar-refractivity contribution is -0.134. The second-order valence-electron chi connectivity index (χ2n) is 6.91. The van der Waals surface area contributed by atoms with E-state index in [-0.39, 0.29) is 12.3 Å². The molecule has 1 N–H and O–H groups in total. The number of methoxy groups -OCH3 is 1. The number of hydrogen-bond donors (Lipinski definition) is 1. The van der Waals surface area contributed by atoms with Gasteiger partial charge in [-0.3, -0.25) is 9.59 Å². The van der Waals surface area contributed by atoms with Crippen molar-refractivity contribution in [3.8, 4) is 5.75 Å². The Kier molecular flexibility index (Phi) is 4.73. The van der Waals surface area contributed by atoms with Gasteiger partial charge in [0.25, 0.3) is 5.91 Å². The molecular weight excluding hydrogens is 358 g/mol. The quantitative estimate of drug-likeness (QED) is 0.825. The van der Waals surface area contributed by atoms with Gasteiger partial charge in [-0.15, -0.1) is 0 Å². The fourth-order valence-corrected chi connectivity index (χ4v) is 3.66. The molecule has 2 aromatic carbocycles. The number of carbonyl (C=O) groups is 3. The summed E-state index contributed by atoms with van der Waals surface area (Å²) in [5.74, 6) is 0.0820. The zero-order valence-corrected chi connectivity index (χ0v) is 15.6. The van der Waals surface area contributed by atoms with Crippen LogP contribution in [0.25, 0.3) is 0 Å². The van der Waals surface area contributed by atoms with E-state index in [0.29, 0.717) is 24.5 Å². The number of hydrogen-bond acceptors (Lipinski definition) is 4. The van der Waals surface area contributed by atoms with Gasteiger partial charge in [-0.05, 0) is 41.8 Å². The first-order chi connectivity index (χ1) is 13.6. The topological polar surface area (TPSA) is 79.0 Å². The van der Waals surface area contributed by atoms with Crippen LogP contribution in [0.1, 0.15) is 17.5 Å². The number of carbonyl (C=O) groups excluding carboxylic acids is 3. The van der Waals surface area contributed by atoms with Gasteiger partial charge in [0.2, 0.25) is 5.91 Å². The molecule has 2 heterocycles. The van der Waals surface area contributed by atoms with Crippen molar-refractivity contribution in [2.45, 2.75) is 25.4 Å². The van der Waals surface area contributed by atoms with Crippen molar-refractivity contribution < 1.29 is 19.1 Å². The van der Waals surface area contributed by atoms with Crippen LogP contribution in [0.4, 0.5) is 10.5 Å². The molecule has 0 bridgehead atoms. The molecule has 0 aliphatic carbocycles. The second-order valence-corrected chi connectivity index (χ2v) is 6.91. The van der Waals surface area contributed by atoms with E-state index < -0.39 is 18.0 Å². The average Bonchev–Trinajstić information content (AvgIpc) is 3.00. The van der Waals surface area contributed by atoms with Crippen LogP contribution in [-0.2, 0) is 22.6 Å². The summed E-state index contributed by atoms with van der Waals surface area (Å²) >= 11 is 0. The number of benzene rings is 2. The summed E-state index contributed by atoms with van der Waals surface area (Å²) in [6.07, 6.45) is 0.754. The van der Waals surface area contributed by atoms with Crippen LogP contribution in [0, 0.1) is 0 Å². The summed E-state index contributed by atoms with van der Waals surface area (Å²) in [5.41, 5.74) is 2.83. The molecule has 0 saturated carbocycles. The van der Waals surface area contributed by atoms with Crippen LogP contribution in [-0.4, -0.2) is 42.4 Å². The first kappa shape index (κ1) is 18.0. The van der Waals surface area contributed by atoms with E-state index in [1.54, 1.807) is 36.3 Å². The van der Waals surface area contributed by atoms with Gasteiger partial charge in [-0.2, -0.15) is 0 Å². The maximum atomic E-state index is 12.7. The molecule has 0 unspecified atom stereocenters. The lowest BCUT2D eigenvalue weighted by Crippen LogP contribution is -2.41. The molecular formula is C21H21N3O4. The van der Waals surface area contributed by atoms with Gasteiger partial charge in [0.05, 0.1) is 19.2 Å². The number of rotatable bonds is 4. The van der Waals surface area contributed by atoms with Crippen molar-refractivity contribution in [3.63, 3.8) is 0 Å². The van der Waals surface area contributed by atoms with Crippen molar-refractivity contribution in [2.24, 2.45) is 0 Å². The van der Waals surface area contributed by atoms with E-state index in [2.05, 4.69) is 11.4 Å². The minimum absolute atomic E-state index is 0.0423. The Morgan fingerprint density at radius 2 is 1.82 bits per heavy atom. The molecule has 1 fully saturated rings. The Bertz CT molecular complexity index is 926. The lowest BCUT2D eigenvalue weighted by Gasteiger charge is -2.29. The molecule has 7 nitrogen and oxygen atoms in total. The van der Waals surface area contributed by atoms with E-state index in [0.717, 1.165) is 16.9 Å². The number of imide groups is 1. The second kappa shape index (κ2) is 7.34. The number of nitrogens with zero attached hydrogens (tertiary/aromatic N) is 2. The molecule has 2 aromatic rings. The minimum atomic E-state index is -0.848. The number of ether oxygens (including phenoxy) is 1. The van der Waals surface area contributed by atoms with Crippen molar-refractivity contribution in [1.82, 2.24) is 10.2 Å². The van der Waals surface area contributed by atoms with Crippen LogP contribution in [0.15, 0.2) is 48.5 Å². The van der Waals surface area contributed by atoms with Crippen molar-refractivity contribution in [3.05, 3.63) is 59.7 Å². The summed E-state index contributed by atoms with van der Waals surface area (Å²) < 4.78 is 5.10. The Morgan fingerprint density at radius 1 is 1.11 bits per heavy atom. The zero-order valence-electron chi connectivity index (χ0n) is 15.6. The highest BCUT2D eigenvalue weighted by Gasteiger charge is 2.40. The summed E-state index contributed by atoms with van der Waals surface area (Å²) in [6, 6.07) is 13.3. The van der Waals surface area contributed by atoms with Gasteiger partial charge in [-0.25, -0.2) is 9.69 Å². The Balaban J connectivity index is 1.43. The molecule has 2 aliphatic heterocycles. The van der Waals surface area contributed by atoms with Crippen molar-refractivity contribution >= 4 is 23.5 Å². The van der Waals surface area contributed by atoms with Gasteiger partial charge in [0.1, 0.15) is 11.8 Å². The zero-order chi connectivity index (χ0) is 19.7. The summed E-state index contributed by atoms with van der Waals surface area (Å²) in [5, 5.41) is 2.63. The molecule has 4 amide bonds. The van der Waals surface area contributed by atoms with Crippen LogP contribution in [0.3, 0.4) is 0 Å². The van der Waals surface area contributed by atoms with E-state index in [4.69, 9.17) is 4.74 Å². The molecule has 1 atom stereocenters. The van der Waals surface area contributed by atoms with E-state index in [9.17, 15) is 14.4 Å². The highest BCUT2D eigenvalue weighted by molar-refractivity contribution is 6.22. The maximum absolute atomic E-state index is 12.7. The minimum Gasteiger partial charge on any atom is -0.497 e. The first-order valence-electron chi connectivity index (χ1n) is 9.20. The van der Waals surface area contributed by atoms with E-state index >= 15 is 0 Å². The predicted molar refractivity (Wildman–Crippen MR) is 103 cm³/mol. The maximum Gasteiger partial charge on any atom is 0.329 e. The molecule has 2 aliphatic rings. The molecule has 28 heavy (non-hydrogen) atoms. The largest absolute Gasteiger partial charge is 0.497 e. The third-order valence-corrected chi connectivity index (χ3v) is 5.21. The smallest absolute Gasteiger partial charge is 0.329 e. The van der Waals surface area contributed by atoms with Crippen LogP contribution in [0.5, 0.6) is 5.75 Å². The van der Waals surface area contributed by atoms with E-state index in [1.165, 1.54) is 5.56 Å². The fraction of sp³-hybridized carbons (Fsp3) is 0.286. The van der Waals surface area contributed by atoms with Crippen LogP contribution < -0.4 is 15.0 Å². The summed E-state index contributed by atoms with van der Waals surface area (Å²) in [6.45, 7) is 1.15. The highest BCUT2D eigenvalue weighted by Crippen LogP contribution is 2.24.